The fraction of sp³-hybridized carbons (Fsp3) is 0.241. The molecule has 0 spiro atoms. The lowest BCUT2D eigenvalue weighted by atomic mass is 9.96. The minimum atomic E-state index is -0.144. The van der Waals surface area contributed by atoms with E-state index in [9.17, 15) is 0 Å². The molecule has 0 aliphatic carbocycles. The zero-order valence-electron chi connectivity index (χ0n) is 21.1. The minimum absolute atomic E-state index is 0.103. The molecule has 0 saturated carbocycles. The summed E-state index contributed by atoms with van der Waals surface area (Å²) in [5.41, 5.74) is 6.06. The van der Waals surface area contributed by atoms with Crippen molar-refractivity contribution in [1.82, 2.24) is 14.9 Å². The molecule has 2 atom stereocenters. The van der Waals surface area contributed by atoms with E-state index < -0.39 is 0 Å². The van der Waals surface area contributed by atoms with Gasteiger partial charge in [0.15, 0.2) is 5.11 Å². The number of rotatable bonds is 6. The Morgan fingerprint density at radius 3 is 2.41 bits per heavy atom. The highest BCUT2D eigenvalue weighted by molar-refractivity contribution is 7.80. The van der Waals surface area contributed by atoms with Crippen molar-refractivity contribution in [2.45, 2.75) is 45.9 Å². The first kappa shape index (κ1) is 25.6. The molecular formula is C29H28Cl2N4OS. The lowest BCUT2D eigenvalue weighted by molar-refractivity contribution is 0.242. The molecule has 0 amide bonds. The molecule has 1 aliphatic heterocycles. The Morgan fingerprint density at radius 2 is 1.76 bits per heavy atom. The van der Waals surface area contributed by atoms with Crippen LogP contribution in [0.2, 0.25) is 10.0 Å². The van der Waals surface area contributed by atoms with Crippen molar-refractivity contribution >= 4 is 46.2 Å². The van der Waals surface area contributed by atoms with E-state index in [2.05, 4.69) is 51.8 Å². The standard InChI is InChI=1S/C29H28Cl2N4OS/c1-17(2)36-22-11-9-21(10-12-22)35-28(27(33-29(35)37)25-7-5-6-14-32-25)23-15-18(3)34(19(23)4)26-13-8-20(30)16-24(26)31/h5-17,27-28H,1-4H3,(H,33,37). The molecule has 5 nitrogen and oxygen atoms in total. The fourth-order valence-corrected chi connectivity index (χ4v) is 5.87. The van der Waals surface area contributed by atoms with Crippen LogP contribution in [0.4, 0.5) is 5.69 Å². The highest BCUT2D eigenvalue weighted by Gasteiger charge is 2.42. The highest BCUT2D eigenvalue weighted by atomic mass is 35.5. The number of anilines is 1. The molecule has 1 fully saturated rings. The number of aromatic nitrogens is 2. The van der Waals surface area contributed by atoms with Gasteiger partial charge in [-0.25, -0.2) is 0 Å². The Labute approximate surface area is 233 Å². The lowest BCUT2D eigenvalue weighted by Crippen LogP contribution is -2.29. The van der Waals surface area contributed by atoms with Crippen LogP contribution in [0.15, 0.2) is 72.9 Å². The molecule has 190 valence electrons. The first-order valence-corrected chi connectivity index (χ1v) is 13.3. The van der Waals surface area contributed by atoms with Crippen LogP contribution >= 0.6 is 35.4 Å². The number of halogens is 2. The van der Waals surface area contributed by atoms with Gasteiger partial charge in [-0.05, 0) is 106 Å². The van der Waals surface area contributed by atoms with Gasteiger partial charge in [-0.15, -0.1) is 0 Å². The molecule has 37 heavy (non-hydrogen) atoms. The smallest absolute Gasteiger partial charge is 0.174 e. The molecule has 5 rings (SSSR count). The average molecular weight is 552 g/mol. The monoisotopic (exact) mass is 550 g/mol. The van der Waals surface area contributed by atoms with Crippen LogP contribution in [0.5, 0.6) is 5.75 Å². The molecule has 1 aliphatic rings. The molecule has 4 aromatic rings. The highest BCUT2D eigenvalue weighted by Crippen LogP contribution is 2.44. The number of nitrogens with one attached hydrogen (secondary N) is 1. The summed E-state index contributed by atoms with van der Waals surface area (Å²) in [4.78, 5) is 6.85. The Bertz CT molecular complexity index is 1440. The van der Waals surface area contributed by atoms with Crippen molar-refractivity contribution in [3.63, 3.8) is 0 Å². The summed E-state index contributed by atoms with van der Waals surface area (Å²) < 4.78 is 8.03. The molecule has 2 unspecified atom stereocenters. The van der Waals surface area contributed by atoms with Crippen LogP contribution in [-0.2, 0) is 0 Å². The number of thiocarbonyl (C=S) groups is 1. The van der Waals surface area contributed by atoms with Gasteiger partial charge in [-0.2, -0.15) is 0 Å². The maximum absolute atomic E-state index is 6.63. The predicted molar refractivity (Wildman–Crippen MR) is 155 cm³/mol. The van der Waals surface area contributed by atoms with Gasteiger partial charge in [0, 0.05) is 28.3 Å². The fourth-order valence-electron chi connectivity index (χ4n) is 5.03. The van der Waals surface area contributed by atoms with E-state index in [1.54, 1.807) is 6.07 Å². The Balaban J connectivity index is 1.64. The molecule has 1 N–H and O–H groups in total. The van der Waals surface area contributed by atoms with E-state index in [1.807, 2.05) is 62.5 Å². The summed E-state index contributed by atoms with van der Waals surface area (Å²) in [6.45, 7) is 8.23. The molecule has 3 heterocycles. The molecule has 8 heteroatoms. The summed E-state index contributed by atoms with van der Waals surface area (Å²) in [7, 11) is 0. The van der Waals surface area contributed by atoms with Crippen molar-refractivity contribution in [3.8, 4) is 11.4 Å². The van der Waals surface area contributed by atoms with Crippen LogP contribution < -0.4 is 15.0 Å². The normalized spacial score (nSPS) is 17.4. The molecule has 1 saturated heterocycles. The number of ether oxygens (including phenoxy) is 1. The Kier molecular flexibility index (Phi) is 7.17. The third-order valence-electron chi connectivity index (χ3n) is 6.52. The van der Waals surface area contributed by atoms with Gasteiger partial charge in [-0.3, -0.25) is 4.98 Å². The van der Waals surface area contributed by atoms with E-state index in [0.29, 0.717) is 15.2 Å². The van der Waals surface area contributed by atoms with Crippen molar-refractivity contribution in [2.24, 2.45) is 0 Å². The number of hydrogen-bond donors (Lipinski definition) is 1. The van der Waals surface area contributed by atoms with E-state index in [0.717, 1.165) is 39.8 Å². The minimum Gasteiger partial charge on any atom is -0.491 e. The van der Waals surface area contributed by atoms with Crippen LogP contribution in [0.25, 0.3) is 5.69 Å². The SMILES string of the molecule is Cc1cc(C2C(c3ccccn3)NC(=S)N2c2ccc(OC(C)C)cc2)c(C)n1-c1ccc(Cl)cc1Cl. The summed E-state index contributed by atoms with van der Waals surface area (Å²) in [5.74, 6) is 0.824. The molecule has 2 aromatic heterocycles. The van der Waals surface area contributed by atoms with Gasteiger partial charge in [-0.1, -0.05) is 29.3 Å². The molecule has 0 bridgehead atoms. The Morgan fingerprint density at radius 1 is 1.00 bits per heavy atom. The van der Waals surface area contributed by atoms with E-state index in [-0.39, 0.29) is 18.2 Å². The molecule has 2 aromatic carbocycles. The molecule has 0 radical (unpaired) electrons. The van der Waals surface area contributed by atoms with Crippen LogP contribution in [0.3, 0.4) is 0 Å². The lowest BCUT2D eigenvalue weighted by Gasteiger charge is -2.28. The third kappa shape index (κ3) is 4.93. The largest absolute Gasteiger partial charge is 0.491 e. The maximum Gasteiger partial charge on any atom is 0.174 e. The van der Waals surface area contributed by atoms with Crippen LogP contribution in [0.1, 0.15) is 48.6 Å². The summed E-state index contributed by atoms with van der Waals surface area (Å²) in [6, 6.07) is 21.5. The average Bonchev–Trinajstić information content (AvgIpc) is 3.35. The quantitative estimate of drug-likeness (QED) is 0.248. The maximum atomic E-state index is 6.63. The van der Waals surface area contributed by atoms with Crippen molar-refractivity contribution < 1.29 is 4.74 Å². The van der Waals surface area contributed by atoms with E-state index >= 15 is 0 Å². The number of pyridine rings is 1. The van der Waals surface area contributed by atoms with Gasteiger partial charge in [0.1, 0.15) is 5.75 Å². The zero-order chi connectivity index (χ0) is 26.3. The second-order valence-electron chi connectivity index (χ2n) is 9.41. The number of nitrogens with zero attached hydrogens (tertiary/aromatic N) is 3. The van der Waals surface area contributed by atoms with Gasteiger partial charge < -0.3 is 19.5 Å². The summed E-state index contributed by atoms with van der Waals surface area (Å²) in [5, 5.41) is 5.39. The Hall–Kier alpha value is -3.06. The van der Waals surface area contributed by atoms with Gasteiger partial charge in [0.25, 0.3) is 0 Å². The summed E-state index contributed by atoms with van der Waals surface area (Å²) >= 11 is 18.7. The number of benzene rings is 2. The van der Waals surface area contributed by atoms with E-state index in [1.165, 1.54) is 0 Å². The second kappa shape index (κ2) is 10.4. The van der Waals surface area contributed by atoms with Crippen molar-refractivity contribution in [3.05, 3.63) is 106 Å². The first-order valence-electron chi connectivity index (χ1n) is 12.2. The van der Waals surface area contributed by atoms with E-state index in [4.69, 9.17) is 40.2 Å². The number of hydrogen-bond acceptors (Lipinski definition) is 3. The zero-order valence-corrected chi connectivity index (χ0v) is 23.4. The van der Waals surface area contributed by atoms with Gasteiger partial charge >= 0.3 is 0 Å². The van der Waals surface area contributed by atoms with Crippen molar-refractivity contribution in [1.29, 1.82) is 0 Å². The summed E-state index contributed by atoms with van der Waals surface area (Å²) in [6.07, 6.45) is 1.92. The van der Waals surface area contributed by atoms with Gasteiger partial charge in [0.05, 0.1) is 34.6 Å². The van der Waals surface area contributed by atoms with Gasteiger partial charge in [0.2, 0.25) is 0 Å². The van der Waals surface area contributed by atoms with Crippen LogP contribution in [0, 0.1) is 13.8 Å². The third-order valence-corrected chi connectivity index (χ3v) is 7.38. The topological polar surface area (TPSA) is 42.3 Å². The predicted octanol–water partition coefficient (Wildman–Crippen LogP) is 7.76. The first-order chi connectivity index (χ1) is 17.7. The van der Waals surface area contributed by atoms with Crippen molar-refractivity contribution in [2.75, 3.05) is 4.90 Å². The number of aryl methyl sites for hydroxylation is 1. The van der Waals surface area contributed by atoms with Crippen LogP contribution in [-0.4, -0.2) is 20.8 Å². The second-order valence-corrected chi connectivity index (χ2v) is 10.6. The molecular weight excluding hydrogens is 523 g/mol.